The van der Waals surface area contributed by atoms with E-state index in [0.29, 0.717) is 11.8 Å². The zero-order valence-corrected chi connectivity index (χ0v) is 14.7. The molecule has 1 aliphatic carbocycles. The van der Waals surface area contributed by atoms with Crippen LogP contribution in [0.2, 0.25) is 0 Å². The average Bonchev–Trinajstić information content (AvgIpc) is 2.50. The van der Waals surface area contributed by atoms with Gasteiger partial charge in [0, 0.05) is 0 Å². The van der Waals surface area contributed by atoms with Crippen molar-refractivity contribution in [3.05, 3.63) is 23.8 Å². The van der Waals surface area contributed by atoms with E-state index >= 15 is 0 Å². The summed E-state index contributed by atoms with van der Waals surface area (Å²) in [6, 6.07) is 6.34. The van der Waals surface area contributed by atoms with Crippen LogP contribution in [0.25, 0.3) is 0 Å². The molecule has 1 fully saturated rings. The first kappa shape index (κ1) is 17.8. The number of nitrogens with two attached hydrogens (primary N) is 1. The first-order valence-corrected chi connectivity index (χ1v) is 8.90. The summed E-state index contributed by atoms with van der Waals surface area (Å²) in [5.41, 5.74) is 1.87. The van der Waals surface area contributed by atoms with Gasteiger partial charge in [-0.1, -0.05) is 25.3 Å². The highest BCUT2D eigenvalue weighted by atomic mass is 16.5. The molecule has 0 aromatic heterocycles. The van der Waals surface area contributed by atoms with Gasteiger partial charge in [-0.15, -0.1) is 0 Å². The smallest absolute Gasteiger partial charge is 0.282 e. The molecule has 4 nitrogen and oxygen atoms in total. The monoisotopic (exact) mass is 319 g/mol. The zero-order valence-electron chi connectivity index (χ0n) is 14.7. The normalized spacial score (nSPS) is 17.9. The van der Waals surface area contributed by atoms with Crippen LogP contribution in [0.1, 0.15) is 57.4 Å². The Morgan fingerprint density at radius 1 is 1.22 bits per heavy atom. The second-order valence-corrected chi connectivity index (χ2v) is 6.78. The Hall–Kier alpha value is -1.55. The molecular formula is C19H31N2O2+. The summed E-state index contributed by atoms with van der Waals surface area (Å²) in [7, 11) is 1.63. The van der Waals surface area contributed by atoms with E-state index in [9.17, 15) is 4.79 Å². The number of anilines is 1. The van der Waals surface area contributed by atoms with E-state index in [4.69, 9.17) is 4.74 Å². The average molecular weight is 319 g/mol. The number of quaternary nitrogens is 1. The highest BCUT2D eigenvalue weighted by Gasteiger charge is 2.23. The number of carbonyl (C=O) groups is 1. The summed E-state index contributed by atoms with van der Waals surface area (Å²) in [6.45, 7) is 4.01. The van der Waals surface area contributed by atoms with Crippen LogP contribution in [0, 0.1) is 6.92 Å². The molecule has 0 spiro atoms. The van der Waals surface area contributed by atoms with Gasteiger partial charge in [0.1, 0.15) is 5.75 Å². The van der Waals surface area contributed by atoms with Crippen LogP contribution in [0.15, 0.2) is 18.2 Å². The van der Waals surface area contributed by atoms with Gasteiger partial charge in [-0.3, -0.25) is 4.79 Å². The molecule has 3 N–H and O–H groups in total. The quantitative estimate of drug-likeness (QED) is 0.876. The Labute approximate surface area is 140 Å². The standard InChI is InChI=1S/C19H30N2O2/c1-14-11-12-18(23-3)17(13-14)21-19(22)15(2)20-16-9-7-5-4-6-8-10-16/h11-13,15-16,20H,4-10H2,1-3H3,(H,21,22)/p+1/t15-/m0/s1. The van der Waals surface area contributed by atoms with Gasteiger partial charge in [-0.05, 0) is 57.2 Å². The fourth-order valence-electron chi connectivity index (χ4n) is 3.34. The highest BCUT2D eigenvalue weighted by Crippen LogP contribution is 2.25. The molecule has 2 rings (SSSR count). The maximum absolute atomic E-state index is 12.5. The van der Waals surface area contributed by atoms with Crippen LogP contribution in [0.5, 0.6) is 5.75 Å². The summed E-state index contributed by atoms with van der Waals surface area (Å²) >= 11 is 0. The molecule has 1 atom stereocenters. The van der Waals surface area contributed by atoms with Crippen molar-refractivity contribution in [2.24, 2.45) is 0 Å². The number of rotatable bonds is 5. The molecule has 0 heterocycles. The van der Waals surface area contributed by atoms with Crippen molar-refractivity contribution < 1.29 is 14.8 Å². The largest absolute Gasteiger partial charge is 0.495 e. The number of amides is 1. The number of carbonyl (C=O) groups excluding carboxylic acids is 1. The first-order chi connectivity index (χ1) is 11.1. The van der Waals surface area contributed by atoms with Crippen LogP contribution in [-0.4, -0.2) is 25.1 Å². The van der Waals surface area contributed by atoms with Crippen LogP contribution in [0.3, 0.4) is 0 Å². The molecule has 128 valence electrons. The Bertz CT molecular complexity index is 508. The predicted molar refractivity (Wildman–Crippen MR) is 93.9 cm³/mol. The molecule has 0 radical (unpaired) electrons. The molecule has 1 aromatic rings. The van der Waals surface area contributed by atoms with Gasteiger partial charge in [0.2, 0.25) is 0 Å². The van der Waals surface area contributed by atoms with Gasteiger partial charge in [0.25, 0.3) is 5.91 Å². The van der Waals surface area contributed by atoms with Crippen LogP contribution >= 0.6 is 0 Å². The van der Waals surface area contributed by atoms with E-state index in [0.717, 1.165) is 11.3 Å². The van der Waals surface area contributed by atoms with E-state index in [2.05, 4.69) is 10.6 Å². The fraction of sp³-hybridized carbons (Fsp3) is 0.632. The van der Waals surface area contributed by atoms with Crippen molar-refractivity contribution >= 4 is 11.6 Å². The molecular weight excluding hydrogens is 288 g/mol. The molecule has 1 aromatic carbocycles. The lowest BCUT2D eigenvalue weighted by Crippen LogP contribution is -2.96. The number of nitrogens with one attached hydrogen (secondary N) is 1. The summed E-state index contributed by atoms with van der Waals surface area (Å²) in [5, 5.41) is 5.28. The van der Waals surface area contributed by atoms with Gasteiger partial charge in [0.15, 0.2) is 6.04 Å². The minimum Gasteiger partial charge on any atom is -0.495 e. The van der Waals surface area contributed by atoms with Gasteiger partial charge >= 0.3 is 0 Å². The van der Waals surface area contributed by atoms with Crippen molar-refractivity contribution in [2.75, 3.05) is 12.4 Å². The molecule has 1 amide bonds. The number of benzene rings is 1. The maximum Gasteiger partial charge on any atom is 0.282 e. The van der Waals surface area contributed by atoms with Gasteiger partial charge < -0.3 is 15.4 Å². The molecule has 4 heteroatoms. The van der Waals surface area contributed by atoms with E-state index < -0.39 is 0 Å². The maximum atomic E-state index is 12.5. The molecule has 0 aliphatic heterocycles. The Kier molecular flexibility index (Phi) is 6.90. The molecule has 23 heavy (non-hydrogen) atoms. The lowest BCUT2D eigenvalue weighted by molar-refractivity contribution is -0.707. The molecule has 0 saturated heterocycles. The minimum atomic E-state index is -0.0790. The van der Waals surface area contributed by atoms with E-state index in [-0.39, 0.29) is 11.9 Å². The van der Waals surface area contributed by atoms with Crippen molar-refractivity contribution in [1.29, 1.82) is 0 Å². The summed E-state index contributed by atoms with van der Waals surface area (Å²) < 4.78 is 5.34. The fourth-order valence-corrected chi connectivity index (χ4v) is 3.34. The summed E-state index contributed by atoms with van der Waals surface area (Å²) in [5.74, 6) is 0.762. The zero-order chi connectivity index (χ0) is 16.7. The summed E-state index contributed by atoms with van der Waals surface area (Å²) in [6.07, 6.45) is 9.09. The predicted octanol–water partition coefficient (Wildman–Crippen LogP) is 3.01. The van der Waals surface area contributed by atoms with E-state index in [1.165, 1.54) is 44.9 Å². The van der Waals surface area contributed by atoms with Crippen molar-refractivity contribution in [3.8, 4) is 5.75 Å². The molecule has 1 saturated carbocycles. The van der Waals surface area contributed by atoms with Crippen LogP contribution < -0.4 is 15.4 Å². The topological polar surface area (TPSA) is 54.9 Å². The lowest BCUT2D eigenvalue weighted by Gasteiger charge is -2.22. The van der Waals surface area contributed by atoms with Crippen molar-refractivity contribution in [1.82, 2.24) is 0 Å². The van der Waals surface area contributed by atoms with Gasteiger partial charge in [0.05, 0.1) is 18.8 Å². The third-order valence-electron chi connectivity index (χ3n) is 4.74. The number of ether oxygens (including phenoxy) is 1. The lowest BCUT2D eigenvalue weighted by atomic mass is 9.96. The van der Waals surface area contributed by atoms with Crippen LogP contribution in [0.4, 0.5) is 5.69 Å². The molecule has 1 aliphatic rings. The van der Waals surface area contributed by atoms with Gasteiger partial charge in [-0.2, -0.15) is 0 Å². The molecule has 0 unspecified atom stereocenters. The Morgan fingerprint density at radius 2 is 1.87 bits per heavy atom. The second-order valence-electron chi connectivity index (χ2n) is 6.78. The third-order valence-corrected chi connectivity index (χ3v) is 4.74. The highest BCUT2D eigenvalue weighted by molar-refractivity contribution is 5.95. The SMILES string of the molecule is COc1ccc(C)cc1NC(=O)[C@H](C)[NH2+]C1CCCCCCC1. The van der Waals surface area contributed by atoms with Crippen molar-refractivity contribution in [2.45, 2.75) is 70.9 Å². The molecule has 0 bridgehead atoms. The third kappa shape index (κ3) is 5.54. The van der Waals surface area contributed by atoms with Gasteiger partial charge in [-0.25, -0.2) is 0 Å². The number of methoxy groups -OCH3 is 1. The number of hydrogen-bond donors (Lipinski definition) is 2. The van der Waals surface area contributed by atoms with E-state index in [1.807, 2.05) is 32.0 Å². The Balaban J connectivity index is 1.92. The number of aryl methyl sites for hydroxylation is 1. The minimum absolute atomic E-state index is 0.0518. The van der Waals surface area contributed by atoms with Crippen molar-refractivity contribution in [3.63, 3.8) is 0 Å². The van der Waals surface area contributed by atoms with Crippen LogP contribution in [-0.2, 0) is 4.79 Å². The van der Waals surface area contributed by atoms with E-state index in [1.54, 1.807) is 7.11 Å². The summed E-state index contributed by atoms with van der Waals surface area (Å²) in [4.78, 5) is 12.5. The Morgan fingerprint density at radius 3 is 2.52 bits per heavy atom. The number of hydrogen-bond acceptors (Lipinski definition) is 2. The first-order valence-electron chi connectivity index (χ1n) is 8.90. The second kappa shape index (κ2) is 8.92.